The van der Waals surface area contributed by atoms with Crippen molar-refractivity contribution in [2.75, 3.05) is 40.0 Å². The Morgan fingerprint density at radius 3 is 1.54 bits per heavy atom. The minimum Gasteiger partial charge on any atom is -0.463 e. The molecule has 0 saturated heterocycles. The average Bonchev–Trinajstić information content (AvgIpc) is 2.53. The number of esters is 2. The molecule has 0 radical (unpaired) electrons. The zero-order valence-electron chi connectivity index (χ0n) is 13.4. The summed E-state index contributed by atoms with van der Waals surface area (Å²) in [7, 11) is -2.57. The lowest BCUT2D eigenvalue weighted by atomic mass is 10.4. The highest BCUT2D eigenvalue weighted by Gasteiger charge is 2.23. The van der Waals surface area contributed by atoms with E-state index in [0.29, 0.717) is 0 Å². The van der Waals surface area contributed by atoms with E-state index in [4.69, 9.17) is 19.7 Å². The topological polar surface area (TPSA) is 147 Å². The maximum Gasteiger partial charge on any atom is 0.702 e. The molecular weight excluding hydrogens is 351 g/mol. The van der Waals surface area contributed by atoms with E-state index in [0.717, 1.165) is 0 Å². The van der Waals surface area contributed by atoms with Crippen LogP contribution in [0.3, 0.4) is 0 Å². The van der Waals surface area contributed by atoms with Gasteiger partial charge in [-0.3, -0.25) is 9.59 Å². The highest BCUT2D eigenvalue weighted by molar-refractivity contribution is 7.33. The highest BCUT2D eigenvalue weighted by atomic mass is 31.1. The Morgan fingerprint density at radius 1 is 0.875 bits per heavy atom. The van der Waals surface area contributed by atoms with Crippen molar-refractivity contribution in [1.82, 2.24) is 0 Å². The van der Waals surface area contributed by atoms with Crippen molar-refractivity contribution < 1.29 is 52.4 Å². The van der Waals surface area contributed by atoms with Gasteiger partial charge in [-0.15, -0.1) is 0 Å². The second-order valence-corrected chi connectivity index (χ2v) is 5.23. The first-order chi connectivity index (χ1) is 11.4. The minimum absolute atomic E-state index is 0.176. The van der Waals surface area contributed by atoms with Crippen LogP contribution < -0.4 is 0 Å². The van der Waals surface area contributed by atoms with Crippen LogP contribution in [-0.2, 0) is 42.1 Å². The number of hydrogen-bond acceptors (Lipinski definition) is 11. The molecule has 0 aromatic heterocycles. The molecule has 0 aliphatic rings. The molecule has 0 bridgehead atoms. The Kier molecular flexibility index (Phi) is 13.5. The summed E-state index contributed by atoms with van der Waals surface area (Å²) >= 11 is 0. The summed E-state index contributed by atoms with van der Waals surface area (Å²) in [6, 6.07) is 0. The predicted octanol–water partition coefficient (Wildman–Crippen LogP) is -0.527. The standard InChI is InChI=1S/C12H22O11P/c1-9(15)18-5-11(3-13)20-7-22-24(17)23-8-21-12(4-14)6-19-10(2)16/h11-14H,3-8H2,1-2H3/q+1. The van der Waals surface area contributed by atoms with Gasteiger partial charge in [0.1, 0.15) is 25.4 Å². The second kappa shape index (κ2) is 14.2. The second-order valence-electron chi connectivity index (χ2n) is 4.27. The lowest BCUT2D eigenvalue weighted by molar-refractivity contribution is -0.150. The number of ether oxygens (including phenoxy) is 4. The minimum atomic E-state index is -2.57. The molecule has 11 nitrogen and oxygen atoms in total. The van der Waals surface area contributed by atoms with Gasteiger partial charge in [-0.1, -0.05) is 9.05 Å². The molecule has 140 valence electrons. The van der Waals surface area contributed by atoms with Gasteiger partial charge in [-0.05, 0) is 0 Å². The highest BCUT2D eigenvalue weighted by Crippen LogP contribution is 2.23. The lowest BCUT2D eigenvalue weighted by Gasteiger charge is -2.13. The fraction of sp³-hybridized carbons (Fsp3) is 0.833. The summed E-state index contributed by atoms with van der Waals surface area (Å²) in [4.78, 5) is 21.2. The summed E-state index contributed by atoms with van der Waals surface area (Å²) in [5, 5.41) is 17.9. The molecule has 2 unspecified atom stereocenters. The number of aliphatic hydroxyl groups excluding tert-OH is 2. The first-order valence-corrected chi connectivity index (χ1v) is 7.93. The zero-order valence-corrected chi connectivity index (χ0v) is 14.3. The van der Waals surface area contributed by atoms with Gasteiger partial charge in [0.05, 0.1) is 13.2 Å². The number of carbonyl (C=O) groups excluding carboxylic acids is 2. The van der Waals surface area contributed by atoms with Crippen LogP contribution in [0.4, 0.5) is 0 Å². The quantitative estimate of drug-likeness (QED) is 0.230. The molecule has 0 fully saturated rings. The van der Waals surface area contributed by atoms with E-state index in [1.807, 2.05) is 0 Å². The van der Waals surface area contributed by atoms with Gasteiger partial charge in [0.15, 0.2) is 0 Å². The van der Waals surface area contributed by atoms with E-state index < -0.39 is 59.2 Å². The zero-order chi connectivity index (χ0) is 18.4. The van der Waals surface area contributed by atoms with Crippen LogP contribution in [0.25, 0.3) is 0 Å². The SMILES string of the molecule is CC(=O)OCC(CO)OCO[P+](=O)OCOC(CO)COC(C)=O. The number of hydrogen-bond donors (Lipinski definition) is 2. The summed E-state index contributed by atoms with van der Waals surface area (Å²) in [5.74, 6) is -1.06. The Morgan fingerprint density at radius 2 is 1.25 bits per heavy atom. The summed E-state index contributed by atoms with van der Waals surface area (Å²) in [6.45, 7) is 0.261. The molecule has 0 spiro atoms. The lowest BCUT2D eigenvalue weighted by Crippen LogP contribution is -2.26. The normalized spacial score (nSPS) is 13.9. The molecule has 0 heterocycles. The van der Waals surface area contributed by atoms with Crippen molar-refractivity contribution >= 4 is 20.2 Å². The first-order valence-electron chi connectivity index (χ1n) is 6.83. The van der Waals surface area contributed by atoms with Crippen LogP contribution >= 0.6 is 8.25 Å². The molecule has 24 heavy (non-hydrogen) atoms. The molecule has 0 aliphatic carbocycles. The predicted molar refractivity (Wildman–Crippen MR) is 76.7 cm³/mol. The van der Waals surface area contributed by atoms with Crippen molar-refractivity contribution in [2.45, 2.75) is 26.1 Å². The van der Waals surface area contributed by atoms with E-state index >= 15 is 0 Å². The molecule has 0 saturated carbocycles. The third-order valence-corrected chi connectivity index (χ3v) is 2.91. The molecule has 12 heteroatoms. The summed E-state index contributed by atoms with van der Waals surface area (Å²) in [6.07, 6.45) is -1.65. The van der Waals surface area contributed by atoms with Crippen LogP contribution in [-0.4, -0.2) is 74.4 Å². The van der Waals surface area contributed by atoms with Crippen molar-refractivity contribution in [3.8, 4) is 0 Å². The maximum absolute atomic E-state index is 11.4. The van der Waals surface area contributed by atoms with Crippen LogP contribution in [0.15, 0.2) is 0 Å². The Labute approximate surface area is 139 Å². The molecule has 0 amide bonds. The molecule has 0 aliphatic heterocycles. The number of carbonyl (C=O) groups is 2. The van der Waals surface area contributed by atoms with Gasteiger partial charge in [-0.25, -0.2) is 0 Å². The Balaban J connectivity index is 3.81. The van der Waals surface area contributed by atoms with E-state index in [2.05, 4.69) is 18.5 Å². The average molecular weight is 373 g/mol. The van der Waals surface area contributed by atoms with Gasteiger partial charge < -0.3 is 29.2 Å². The van der Waals surface area contributed by atoms with Crippen LogP contribution in [0, 0.1) is 0 Å². The van der Waals surface area contributed by atoms with Crippen molar-refractivity contribution in [2.24, 2.45) is 0 Å². The molecule has 0 rings (SSSR count). The number of aliphatic hydroxyl groups is 2. The van der Waals surface area contributed by atoms with Crippen molar-refractivity contribution in [3.05, 3.63) is 0 Å². The van der Waals surface area contributed by atoms with Crippen molar-refractivity contribution in [3.63, 3.8) is 0 Å². The summed E-state index contributed by atoms with van der Waals surface area (Å²) in [5.41, 5.74) is 0. The van der Waals surface area contributed by atoms with E-state index in [1.165, 1.54) is 13.8 Å². The van der Waals surface area contributed by atoms with Gasteiger partial charge in [0.2, 0.25) is 13.6 Å². The largest absolute Gasteiger partial charge is 0.702 e. The van der Waals surface area contributed by atoms with Gasteiger partial charge in [-0.2, -0.15) is 0 Å². The van der Waals surface area contributed by atoms with Crippen LogP contribution in [0.5, 0.6) is 0 Å². The fourth-order valence-electron chi connectivity index (χ4n) is 1.10. The molecule has 0 aromatic carbocycles. The summed E-state index contributed by atoms with van der Waals surface area (Å²) < 4.78 is 39.9. The molecule has 2 N–H and O–H groups in total. The fourth-order valence-corrected chi connectivity index (χ4v) is 1.47. The van der Waals surface area contributed by atoms with Crippen LogP contribution in [0.1, 0.15) is 13.8 Å². The third-order valence-electron chi connectivity index (χ3n) is 2.28. The third kappa shape index (κ3) is 13.3. The molecule has 0 aromatic rings. The smallest absolute Gasteiger partial charge is 0.463 e. The monoisotopic (exact) mass is 373 g/mol. The van der Waals surface area contributed by atoms with Gasteiger partial charge >= 0.3 is 20.2 Å². The van der Waals surface area contributed by atoms with Crippen molar-refractivity contribution in [1.29, 1.82) is 0 Å². The Hall–Kier alpha value is -1.20. The van der Waals surface area contributed by atoms with Gasteiger partial charge in [0.25, 0.3) is 0 Å². The van der Waals surface area contributed by atoms with E-state index in [1.54, 1.807) is 0 Å². The first kappa shape index (κ1) is 22.8. The maximum atomic E-state index is 11.4. The number of rotatable bonds is 14. The Bertz CT molecular complexity index is 355. The molecule has 2 atom stereocenters. The van der Waals surface area contributed by atoms with E-state index in [9.17, 15) is 14.2 Å². The van der Waals surface area contributed by atoms with E-state index in [-0.39, 0.29) is 13.2 Å². The van der Waals surface area contributed by atoms with Gasteiger partial charge in [0, 0.05) is 18.4 Å². The van der Waals surface area contributed by atoms with Crippen LogP contribution in [0.2, 0.25) is 0 Å². The molecular formula is C12H22O11P+.